The Hall–Kier alpha value is -2.31. The number of para-hydroxylation sites is 1. The highest BCUT2D eigenvalue weighted by atomic mass is 19.1. The van der Waals surface area contributed by atoms with Crippen LogP contribution in [0.1, 0.15) is 0 Å². The monoisotopic (exact) mass is 307 g/mol. The molecule has 2 N–H and O–H groups in total. The first-order valence-corrected chi connectivity index (χ1v) is 7.31. The van der Waals surface area contributed by atoms with Crippen molar-refractivity contribution in [3.63, 3.8) is 0 Å². The second-order valence-electron chi connectivity index (χ2n) is 5.00. The van der Waals surface area contributed by atoms with Crippen LogP contribution in [0, 0.1) is 5.82 Å². The number of nitrogens with zero attached hydrogens (tertiary/aromatic N) is 3. The van der Waals surface area contributed by atoms with Gasteiger partial charge in [-0.05, 0) is 12.1 Å². The summed E-state index contributed by atoms with van der Waals surface area (Å²) in [6.07, 6.45) is 0. The summed E-state index contributed by atoms with van der Waals surface area (Å²) in [6.45, 7) is 3.06. The Kier molecular flexibility index (Phi) is 5.57. The molecule has 2 rings (SSSR count). The summed E-state index contributed by atoms with van der Waals surface area (Å²) in [5.41, 5.74) is 0.635. The number of carbonyl (C=O) groups excluding carboxylic acids is 1. The molecule has 0 atom stereocenters. The molecule has 1 aliphatic heterocycles. The van der Waals surface area contributed by atoms with E-state index in [1.54, 1.807) is 26.2 Å². The Balaban J connectivity index is 1.91. The van der Waals surface area contributed by atoms with Crippen molar-refractivity contribution in [2.75, 3.05) is 51.7 Å². The van der Waals surface area contributed by atoms with Crippen molar-refractivity contribution in [2.45, 2.75) is 0 Å². The fourth-order valence-electron chi connectivity index (χ4n) is 2.45. The maximum Gasteiger partial charge on any atom is 0.239 e. The highest BCUT2D eigenvalue weighted by Gasteiger charge is 2.21. The number of nitrogens with one attached hydrogen (secondary N) is 2. The Morgan fingerprint density at radius 2 is 1.95 bits per heavy atom. The lowest BCUT2D eigenvalue weighted by Gasteiger charge is -2.37. The van der Waals surface area contributed by atoms with Crippen LogP contribution in [0.3, 0.4) is 0 Å². The average Bonchev–Trinajstić information content (AvgIpc) is 2.56. The third-order valence-corrected chi connectivity index (χ3v) is 3.67. The topological polar surface area (TPSA) is 60.0 Å². The number of benzene rings is 1. The van der Waals surface area contributed by atoms with Crippen LogP contribution < -0.4 is 15.5 Å². The summed E-state index contributed by atoms with van der Waals surface area (Å²) in [5, 5.41) is 5.58. The van der Waals surface area contributed by atoms with Crippen molar-refractivity contribution in [3.05, 3.63) is 30.1 Å². The van der Waals surface area contributed by atoms with Gasteiger partial charge < -0.3 is 20.4 Å². The molecule has 0 radical (unpaired) electrons. The fourth-order valence-corrected chi connectivity index (χ4v) is 2.45. The summed E-state index contributed by atoms with van der Waals surface area (Å²) in [7, 11) is 3.29. The summed E-state index contributed by atoms with van der Waals surface area (Å²) in [5.74, 6) is 0.404. The molecule has 1 heterocycles. The van der Waals surface area contributed by atoms with Crippen LogP contribution in [-0.4, -0.2) is 63.6 Å². The van der Waals surface area contributed by atoms with Crippen LogP contribution in [0.2, 0.25) is 0 Å². The van der Waals surface area contributed by atoms with Crippen molar-refractivity contribution in [1.29, 1.82) is 0 Å². The van der Waals surface area contributed by atoms with E-state index in [1.807, 2.05) is 11.0 Å². The van der Waals surface area contributed by atoms with Gasteiger partial charge in [-0.1, -0.05) is 12.1 Å². The van der Waals surface area contributed by atoms with E-state index < -0.39 is 0 Å². The molecule has 1 aromatic rings. The number of amides is 1. The molecule has 7 heteroatoms. The fraction of sp³-hybridized carbons (Fsp3) is 0.467. The van der Waals surface area contributed by atoms with E-state index in [1.165, 1.54) is 6.07 Å². The van der Waals surface area contributed by atoms with E-state index in [4.69, 9.17) is 0 Å². The highest BCUT2D eigenvalue weighted by molar-refractivity contribution is 5.86. The van der Waals surface area contributed by atoms with Crippen LogP contribution >= 0.6 is 0 Å². The standard InChI is InChI=1S/C15H22FN5O/c1-17-14(22)11-19-15(18-2)21-9-7-20(8-10-21)13-6-4-3-5-12(13)16/h3-6H,7-11H2,1-2H3,(H,17,22)(H,18,19). The Morgan fingerprint density at radius 3 is 2.55 bits per heavy atom. The molecule has 0 bridgehead atoms. The lowest BCUT2D eigenvalue weighted by molar-refractivity contribution is -0.119. The van der Waals surface area contributed by atoms with Crippen LogP contribution in [0.4, 0.5) is 10.1 Å². The summed E-state index contributed by atoms with van der Waals surface area (Å²) >= 11 is 0. The number of carbonyl (C=O) groups is 1. The average molecular weight is 307 g/mol. The van der Waals surface area contributed by atoms with E-state index in [9.17, 15) is 9.18 Å². The van der Waals surface area contributed by atoms with Crippen LogP contribution in [-0.2, 0) is 4.79 Å². The molecule has 1 fully saturated rings. The predicted octanol–water partition coefficient (Wildman–Crippen LogP) is 0.269. The minimum absolute atomic E-state index is 0.0915. The zero-order chi connectivity index (χ0) is 15.9. The molecule has 0 saturated carbocycles. The van der Waals surface area contributed by atoms with E-state index in [2.05, 4.69) is 20.5 Å². The lowest BCUT2D eigenvalue weighted by atomic mass is 10.2. The Morgan fingerprint density at radius 1 is 1.27 bits per heavy atom. The van der Waals surface area contributed by atoms with Crippen molar-refractivity contribution in [1.82, 2.24) is 15.5 Å². The minimum Gasteiger partial charge on any atom is -0.366 e. The number of halogens is 1. The van der Waals surface area contributed by atoms with E-state index in [-0.39, 0.29) is 18.3 Å². The van der Waals surface area contributed by atoms with Gasteiger partial charge in [-0.15, -0.1) is 0 Å². The van der Waals surface area contributed by atoms with Crippen LogP contribution in [0.15, 0.2) is 29.3 Å². The largest absolute Gasteiger partial charge is 0.366 e. The van der Waals surface area contributed by atoms with Gasteiger partial charge >= 0.3 is 0 Å². The van der Waals surface area contributed by atoms with Gasteiger partial charge in [-0.25, -0.2) is 4.39 Å². The number of anilines is 1. The summed E-state index contributed by atoms with van der Waals surface area (Å²) < 4.78 is 13.8. The lowest BCUT2D eigenvalue weighted by Crippen LogP contribution is -2.53. The SMILES string of the molecule is CN=C(NCC(=O)NC)N1CCN(c2ccccc2F)CC1. The second-order valence-corrected chi connectivity index (χ2v) is 5.00. The van der Waals surface area contributed by atoms with Crippen LogP contribution in [0.25, 0.3) is 0 Å². The molecule has 22 heavy (non-hydrogen) atoms. The van der Waals surface area contributed by atoms with Crippen molar-refractivity contribution in [2.24, 2.45) is 4.99 Å². The third-order valence-electron chi connectivity index (χ3n) is 3.67. The molecule has 1 aliphatic rings. The first-order chi connectivity index (χ1) is 10.7. The number of aliphatic imine (C=N–C) groups is 1. The first-order valence-electron chi connectivity index (χ1n) is 7.31. The number of likely N-dealkylation sites (N-methyl/N-ethyl adjacent to an activating group) is 1. The minimum atomic E-state index is -0.196. The van der Waals surface area contributed by atoms with Gasteiger partial charge in [0.15, 0.2) is 5.96 Å². The van der Waals surface area contributed by atoms with E-state index >= 15 is 0 Å². The van der Waals surface area contributed by atoms with Gasteiger partial charge in [0.25, 0.3) is 0 Å². The van der Waals surface area contributed by atoms with Crippen molar-refractivity contribution < 1.29 is 9.18 Å². The zero-order valence-corrected chi connectivity index (χ0v) is 13.0. The number of rotatable bonds is 3. The van der Waals surface area contributed by atoms with Crippen molar-refractivity contribution >= 4 is 17.6 Å². The molecule has 0 spiro atoms. The van der Waals surface area contributed by atoms with Gasteiger partial charge in [-0.3, -0.25) is 9.79 Å². The maximum atomic E-state index is 13.8. The number of piperazine rings is 1. The van der Waals surface area contributed by atoms with Gasteiger partial charge in [0.2, 0.25) is 5.91 Å². The number of hydrogen-bond donors (Lipinski definition) is 2. The zero-order valence-electron chi connectivity index (χ0n) is 13.0. The molecule has 1 aromatic carbocycles. The van der Waals surface area contributed by atoms with Gasteiger partial charge in [0, 0.05) is 40.3 Å². The quantitative estimate of drug-likeness (QED) is 0.622. The molecule has 1 amide bonds. The van der Waals surface area contributed by atoms with Gasteiger partial charge in [0.1, 0.15) is 5.82 Å². The number of hydrogen-bond acceptors (Lipinski definition) is 3. The first kappa shape index (κ1) is 16.1. The Labute approximate surface area is 130 Å². The van der Waals surface area contributed by atoms with Gasteiger partial charge in [0.05, 0.1) is 12.2 Å². The predicted molar refractivity (Wildman–Crippen MR) is 85.6 cm³/mol. The van der Waals surface area contributed by atoms with E-state index in [0.717, 1.165) is 13.1 Å². The molecule has 0 aliphatic carbocycles. The summed E-state index contributed by atoms with van der Waals surface area (Å²) in [6, 6.07) is 6.81. The van der Waals surface area contributed by atoms with Crippen molar-refractivity contribution in [3.8, 4) is 0 Å². The number of guanidine groups is 1. The van der Waals surface area contributed by atoms with E-state index in [0.29, 0.717) is 24.7 Å². The molecular formula is C15H22FN5O. The summed E-state index contributed by atoms with van der Waals surface area (Å²) in [4.78, 5) is 19.6. The second kappa shape index (κ2) is 7.63. The van der Waals surface area contributed by atoms with Gasteiger partial charge in [-0.2, -0.15) is 0 Å². The van der Waals surface area contributed by atoms with Crippen LogP contribution in [0.5, 0.6) is 0 Å². The third kappa shape index (κ3) is 3.87. The molecular weight excluding hydrogens is 285 g/mol. The molecule has 1 saturated heterocycles. The molecule has 0 aromatic heterocycles. The molecule has 0 unspecified atom stereocenters. The molecule has 120 valence electrons. The maximum absolute atomic E-state index is 13.8. The smallest absolute Gasteiger partial charge is 0.239 e. The Bertz CT molecular complexity index is 540. The highest BCUT2D eigenvalue weighted by Crippen LogP contribution is 2.20. The normalized spacial score (nSPS) is 15.7. The molecule has 6 nitrogen and oxygen atoms in total.